The van der Waals surface area contributed by atoms with Crippen LogP contribution in [0.1, 0.15) is 0 Å². The summed E-state index contributed by atoms with van der Waals surface area (Å²) < 4.78 is 4.89. The molecule has 2 aliphatic rings. The Labute approximate surface area is 78.5 Å². The van der Waals surface area contributed by atoms with Crippen molar-refractivity contribution in [3.63, 3.8) is 0 Å². The zero-order valence-electron chi connectivity index (χ0n) is 7.15. The number of fused-ring (bicyclic) bond motifs is 3. The fourth-order valence-corrected chi connectivity index (χ4v) is 1.57. The predicted octanol–water partition coefficient (Wildman–Crippen LogP) is 1.62. The standard InChI is InChI=1S/C10H6N2O2/c13-10-7-5-14-12-9(7)6-3-1-2-4-8(6)11-10/h1-5,12H. The number of benzene rings is 1. The molecule has 2 aliphatic heterocycles. The fraction of sp³-hybridized carbons (Fsp3) is 0. The Morgan fingerprint density at radius 1 is 1.29 bits per heavy atom. The van der Waals surface area contributed by atoms with Gasteiger partial charge in [-0.25, -0.2) is 10.1 Å². The Morgan fingerprint density at radius 2 is 2.14 bits per heavy atom. The molecule has 4 nitrogen and oxygen atoms in total. The third kappa shape index (κ3) is 0.821. The number of hydrogen-bond acceptors (Lipinski definition) is 3. The molecule has 0 amide bonds. The van der Waals surface area contributed by atoms with E-state index in [1.807, 2.05) is 18.2 Å². The molecule has 68 valence electrons. The molecule has 0 spiro atoms. The molecular formula is C10H6N2O2. The molecule has 4 heteroatoms. The number of nitrogens with one attached hydrogen (secondary N) is 1. The van der Waals surface area contributed by atoms with Crippen molar-refractivity contribution in [2.24, 2.45) is 0 Å². The van der Waals surface area contributed by atoms with Gasteiger partial charge < -0.3 is 4.52 Å². The van der Waals surface area contributed by atoms with Gasteiger partial charge in [0.05, 0.1) is 11.2 Å². The first kappa shape index (κ1) is 7.32. The lowest BCUT2D eigenvalue weighted by molar-refractivity contribution is 0.425. The highest BCUT2D eigenvalue weighted by atomic mass is 16.5. The van der Waals surface area contributed by atoms with Crippen molar-refractivity contribution in [2.45, 2.75) is 0 Å². The van der Waals surface area contributed by atoms with Gasteiger partial charge in [0.2, 0.25) is 0 Å². The lowest BCUT2D eigenvalue weighted by Crippen LogP contribution is -2.08. The molecule has 3 rings (SSSR count). The lowest BCUT2D eigenvalue weighted by atomic mass is 10.1. The van der Waals surface area contributed by atoms with Gasteiger partial charge in [0.15, 0.2) is 0 Å². The summed E-state index contributed by atoms with van der Waals surface area (Å²) in [6, 6.07) is 7.45. The molecule has 0 saturated carbocycles. The minimum absolute atomic E-state index is 0.260. The van der Waals surface area contributed by atoms with Gasteiger partial charge in [-0.3, -0.25) is 4.79 Å². The van der Waals surface area contributed by atoms with Crippen LogP contribution in [0.4, 0.5) is 0 Å². The Morgan fingerprint density at radius 3 is 3.07 bits per heavy atom. The Bertz CT molecular complexity index is 623. The summed E-state index contributed by atoms with van der Waals surface area (Å²) in [6.45, 7) is 0. The molecule has 1 N–H and O–H groups in total. The molecule has 2 heterocycles. The van der Waals surface area contributed by atoms with Crippen molar-refractivity contribution < 1.29 is 4.52 Å². The van der Waals surface area contributed by atoms with E-state index in [4.69, 9.17) is 4.52 Å². The highest BCUT2D eigenvalue weighted by Crippen LogP contribution is 2.23. The maximum atomic E-state index is 11.5. The quantitative estimate of drug-likeness (QED) is 0.580. The average molecular weight is 186 g/mol. The number of aromatic nitrogens is 2. The maximum Gasteiger partial charge on any atom is 0.283 e. The first-order chi connectivity index (χ1) is 6.86. The van der Waals surface area contributed by atoms with E-state index in [1.54, 1.807) is 6.07 Å². The van der Waals surface area contributed by atoms with Gasteiger partial charge in [0, 0.05) is 5.39 Å². The van der Waals surface area contributed by atoms with Crippen LogP contribution in [-0.2, 0) is 0 Å². The van der Waals surface area contributed by atoms with E-state index in [0.29, 0.717) is 16.8 Å². The van der Waals surface area contributed by atoms with E-state index in [1.165, 1.54) is 6.26 Å². The normalized spacial score (nSPS) is 11.1. The zero-order chi connectivity index (χ0) is 9.54. The first-order valence-electron chi connectivity index (χ1n) is 4.21. The van der Waals surface area contributed by atoms with Crippen molar-refractivity contribution in [2.75, 3.05) is 0 Å². The number of para-hydroxylation sites is 1. The van der Waals surface area contributed by atoms with Crippen LogP contribution in [0.3, 0.4) is 0 Å². The van der Waals surface area contributed by atoms with Crippen molar-refractivity contribution in [3.8, 4) is 11.3 Å². The summed E-state index contributed by atoms with van der Waals surface area (Å²) >= 11 is 0. The molecule has 0 fully saturated rings. The summed E-state index contributed by atoms with van der Waals surface area (Å²) in [5, 5.41) is 3.59. The predicted molar refractivity (Wildman–Crippen MR) is 51.3 cm³/mol. The average Bonchev–Trinajstić information content (AvgIpc) is 2.67. The second kappa shape index (κ2) is 2.45. The Hall–Kier alpha value is -2.10. The fourth-order valence-electron chi connectivity index (χ4n) is 1.57. The summed E-state index contributed by atoms with van der Waals surface area (Å²) in [6.07, 6.45) is 1.39. The number of nitrogens with zero attached hydrogens (tertiary/aromatic N) is 1. The van der Waals surface area contributed by atoms with Gasteiger partial charge in [0.25, 0.3) is 5.56 Å². The number of pyridine rings is 1. The highest BCUT2D eigenvalue weighted by Gasteiger charge is 2.13. The number of hydrogen-bond donors (Lipinski definition) is 1. The largest absolute Gasteiger partial charge is 0.389 e. The van der Waals surface area contributed by atoms with Gasteiger partial charge >= 0.3 is 0 Å². The highest BCUT2D eigenvalue weighted by molar-refractivity contribution is 5.92. The molecule has 0 aliphatic carbocycles. The molecule has 0 atom stereocenters. The molecule has 14 heavy (non-hydrogen) atoms. The molecule has 1 aromatic carbocycles. The molecule has 0 bridgehead atoms. The van der Waals surface area contributed by atoms with Crippen molar-refractivity contribution in [1.29, 1.82) is 0 Å². The second-order valence-electron chi connectivity index (χ2n) is 3.06. The van der Waals surface area contributed by atoms with E-state index in [9.17, 15) is 4.79 Å². The van der Waals surface area contributed by atoms with Gasteiger partial charge in [-0.2, -0.15) is 0 Å². The van der Waals surface area contributed by atoms with Crippen LogP contribution in [0.5, 0.6) is 0 Å². The van der Waals surface area contributed by atoms with Crippen LogP contribution in [0.2, 0.25) is 0 Å². The monoisotopic (exact) mass is 186 g/mol. The van der Waals surface area contributed by atoms with Crippen LogP contribution in [0.15, 0.2) is 39.8 Å². The van der Waals surface area contributed by atoms with Crippen LogP contribution in [0.25, 0.3) is 22.2 Å². The Balaban J connectivity index is 2.65. The minimum atomic E-state index is -0.260. The summed E-state index contributed by atoms with van der Waals surface area (Å²) in [4.78, 5) is 15.4. The maximum absolute atomic E-state index is 11.5. The topological polar surface area (TPSA) is 58.9 Å². The van der Waals surface area contributed by atoms with Crippen molar-refractivity contribution in [3.05, 3.63) is 40.9 Å². The van der Waals surface area contributed by atoms with E-state index >= 15 is 0 Å². The van der Waals surface area contributed by atoms with Crippen molar-refractivity contribution >= 4 is 10.9 Å². The second-order valence-corrected chi connectivity index (χ2v) is 3.06. The van der Waals surface area contributed by atoms with E-state index in [0.717, 1.165) is 5.39 Å². The molecule has 0 saturated heterocycles. The lowest BCUT2D eigenvalue weighted by Gasteiger charge is -1.99. The Kier molecular flexibility index (Phi) is 1.28. The first-order valence-corrected chi connectivity index (χ1v) is 4.21. The number of H-pyrrole nitrogens is 1. The third-order valence-electron chi connectivity index (χ3n) is 2.23. The minimum Gasteiger partial charge on any atom is -0.389 e. The van der Waals surface area contributed by atoms with E-state index in [2.05, 4.69) is 10.1 Å². The number of rotatable bonds is 0. The summed E-state index contributed by atoms with van der Waals surface area (Å²) in [5.74, 6) is 0. The van der Waals surface area contributed by atoms with Gasteiger partial charge in [-0.05, 0) is 6.07 Å². The SMILES string of the molecule is O=c1nc2ccccc2c2[nH]occ1-2. The summed E-state index contributed by atoms with van der Waals surface area (Å²) in [5.41, 5.74) is 1.62. The molecule has 0 unspecified atom stereocenters. The molecule has 0 aromatic heterocycles. The van der Waals surface area contributed by atoms with Gasteiger partial charge in [-0.1, -0.05) is 18.2 Å². The smallest absolute Gasteiger partial charge is 0.283 e. The van der Waals surface area contributed by atoms with Gasteiger partial charge in [-0.15, -0.1) is 0 Å². The summed E-state index contributed by atoms with van der Waals surface area (Å²) in [7, 11) is 0. The molecular weight excluding hydrogens is 180 g/mol. The van der Waals surface area contributed by atoms with Gasteiger partial charge in [0.1, 0.15) is 11.8 Å². The van der Waals surface area contributed by atoms with E-state index < -0.39 is 0 Å². The molecule has 0 radical (unpaired) electrons. The van der Waals surface area contributed by atoms with Crippen LogP contribution < -0.4 is 5.56 Å². The third-order valence-corrected chi connectivity index (χ3v) is 2.23. The van der Waals surface area contributed by atoms with E-state index in [-0.39, 0.29) is 5.56 Å². The number of aromatic amines is 1. The van der Waals surface area contributed by atoms with Crippen LogP contribution in [-0.4, -0.2) is 10.1 Å². The molecule has 1 aromatic rings. The van der Waals surface area contributed by atoms with Crippen LogP contribution in [0, 0.1) is 0 Å². The van der Waals surface area contributed by atoms with Crippen LogP contribution >= 0.6 is 0 Å². The zero-order valence-corrected chi connectivity index (χ0v) is 7.15. The van der Waals surface area contributed by atoms with Crippen molar-refractivity contribution in [1.82, 2.24) is 10.1 Å².